The van der Waals surface area contributed by atoms with E-state index in [0.29, 0.717) is 0 Å². The van der Waals surface area contributed by atoms with Crippen molar-refractivity contribution in [1.29, 1.82) is 0 Å². The zero-order valence-electron chi connectivity index (χ0n) is 14.4. The Morgan fingerprint density at radius 2 is 1.95 bits per heavy atom. The first-order valence-corrected chi connectivity index (χ1v) is 10.8. The summed E-state index contributed by atoms with van der Waals surface area (Å²) in [6.45, 7) is 17.1. The van der Waals surface area contributed by atoms with E-state index < -0.39 is 8.32 Å². The van der Waals surface area contributed by atoms with Crippen LogP contribution >= 0.6 is 0 Å². The minimum atomic E-state index is -1.68. The third kappa shape index (κ3) is 4.49. The number of hydrogen-bond donors (Lipinski definition) is 0. The lowest BCUT2D eigenvalue weighted by Gasteiger charge is -2.37. The molecule has 0 saturated carbocycles. The first-order valence-electron chi connectivity index (χ1n) is 7.85. The van der Waals surface area contributed by atoms with Crippen LogP contribution in [-0.2, 0) is 9.16 Å². The molecule has 0 heterocycles. The van der Waals surface area contributed by atoms with E-state index in [1.807, 2.05) is 6.92 Å². The normalized spacial score (nSPS) is 19.6. The van der Waals surface area contributed by atoms with Crippen LogP contribution in [0.1, 0.15) is 53.9 Å². The van der Waals surface area contributed by atoms with Gasteiger partial charge in [-0.1, -0.05) is 26.8 Å². The van der Waals surface area contributed by atoms with Crippen molar-refractivity contribution < 1.29 is 9.16 Å². The van der Waals surface area contributed by atoms with E-state index in [0.717, 1.165) is 25.4 Å². The van der Waals surface area contributed by atoms with Gasteiger partial charge < -0.3 is 9.16 Å². The molecular formula is C17H32O2Si. The summed E-state index contributed by atoms with van der Waals surface area (Å²) in [5.74, 6) is 1.08. The lowest BCUT2D eigenvalue weighted by molar-refractivity contribution is 0.225. The molecule has 116 valence electrons. The van der Waals surface area contributed by atoms with Crippen LogP contribution in [-0.4, -0.2) is 21.5 Å². The molecule has 1 rings (SSSR count). The Kier molecular flexibility index (Phi) is 6.08. The Morgan fingerprint density at radius 3 is 2.50 bits per heavy atom. The molecule has 0 aromatic carbocycles. The monoisotopic (exact) mass is 296 g/mol. The summed E-state index contributed by atoms with van der Waals surface area (Å²) in [7, 11) is -1.68. The minimum Gasteiger partial charge on any atom is -0.498 e. The van der Waals surface area contributed by atoms with Gasteiger partial charge >= 0.3 is 0 Å². The van der Waals surface area contributed by atoms with Gasteiger partial charge in [-0.15, -0.1) is 0 Å². The van der Waals surface area contributed by atoms with Crippen molar-refractivity contribution in [3.63, 3.8) is 0 Å². The van der Waals surface area contributed by atoms with Gasteiger partial charge in [-0.05, 0) is 62.4 Å². The van der Waals surface area contributed by atoms with Crippen LogP contribution < -0.4 is 0 Å². The van der Waals surface area contributed by atoms with Crippen molar-refractivity contribution in [3.05, 3.63) is 23.0 Å². The van der Waals surface area contributed by atoms with Crippen LogP contribution in [0.3, 0.4) is 0 Å². The third-order valence-corrected chi connectivity index (χ3v) is 9.07. The highest BCUT2D eigenvalue weighted by Crippen LogP contribution is 2.37. The quantitative estimate of drug-likeness (QED) is 0.497. The van der Waals surface area contributed by atoms with Crippen LogP contribution in [0.4, 0.5) is 0 Å². The molecule has 0 aromatic rings. The zero-order valence-corrected chi connectivity index (χ0v) is 15.4. The van der Waals surface area contributed by atoms with Gasteiger partial charge in [0.1, 0.15) is 0 Å². The molecule has 0 saturated heterocycles. The number of rotatable bonds is 5. The molecule has 1 aliphatic carbocycles. The third-order valence-electron chi connectivity index (χ3n) is 4.59. The Morgan fingerprint density at radius 1 is 1.30 bits per heavy atom. The summed E-state index contributed by atoms with van der Waals surface area (Å²) in [6, 6.07) is 0. The van der Waals surface area contributed by atoms with Crippen molar-refractivity contribution in [3.8, 4) is 0 Å². The highest BCUT2D eigenvalue weighted by Gasteiger charge is 2.37. The summed E-state index contributed by atoms with van der Waals surface area (Å²) in [6.07, 6.45) is 5.86. The Bertz CT molecular complexity index is 386. The number of hydrogen-bond acceptors (Lipinski definition) is 2. The first kappa shape index (κ1) is 17.5. The summed E-state index contributed by atoms with van der Waals surface area (Å²) < 4.78 is 12.1. The second-order valence-corrected chi connectivity index (χ2v) is 11.9. The molecule has 0 atom stereocenters. The van der Waals surface area contributed by atoms with E-state index in [9.17, 15) is 0 Å². The number of ether oxygens (including phenoxy) is 1. The largest absolute Gasteiger partial charge is 0.498 e. The van der Waals surface area contributed by atoms with Gasteiger partial charge in [0, 0.05) is 0 Å². The van der Waals surface area contributed by atoms with Gasteiger partial charge in [0.15, 0.2) is 8.32 Å². The topological polar surface area (TPSA) is 18.5 Å². The van der Waals surface area contributed by atoms with Crippen molar-refractivity contribution in [1.82, 2.24) is 0 Å². The first-order chi connectivity index (χ1) is 9.19. The average Bonchev–Trinajstić information content (AvgIpc) is 2.35. The van der Waals surface area contributed by atoms with E-state index in [1.165, 1.54) is 24.0 Å². The second kappa shape index (κ2) is 6.95. The summed E-state index contributed by atoms with van der Waals surface area (Å²) in [5.41, 5.74) is 2.73. The van der Waals surface area contributed by atoms with Crippen LogP contribution in [0.2, 0.25) is 18.1 Å². The summed E-state index contributed by atoms with van der Waals surface area (Å²) >= 11 is 0. The van der Waals surface area contributed by atoms with E-state index in [1.54, 1.807) is 0 Å². The Hall–Kier alpha value is -0.543. The van der Waals surface area contributed by atoms with E-state index in [2.05, 4.69) is 46.9 Å². The predicted molar refractivity (Wildman–Crippen MR) is 89.4 cm³/mol. The van der Waals surface area contributed by atoms with Gasteiger partial charge in [-0.25, -0.2) is 0 Å². The summed E-state index contributed by atoms with van der Waals surface area (Å²) in [4.78, 5) is 0. The highest BCUT2D eigenvalue weighted by molar-refractivity contribution is 6.74. The van der Waals surface area contributed by atoms with Crippen LogP contribution in [0.15, 0.2) is 23.0 Å². The molecule has 20 heavy (non-hydrogen) atoms. The summed E-state index contributed by atoms with van der Waals surface area (Å²) in [5, 5.41) is 0.265. The molecule has 0 aliphatic heterocycles. The molecule has 2 nitrogen and oxygen atoms in total. The molecule has 0 amide bonds. The predicted octanol–water partition coefficient (Wildman–Crippen LogP) is 5.43. The number of allylic oxidation sites excluding steroid dienone is 2. The molecule has 0 N–H and O–H groups in total. The van der Waals surface area contributed by atoms with E-state index >= 15 is 0 Å². The minimum absolute atomic E-state index is 0.265. The molecule has 0 radical (unpaired) electrons. The van der Waals surface area contributed by atoms with Crippen molar-refractivity contribution in [2.24, 2.45) is 0 Å². The SMILES string of the molecule is CCOC(C)=C1CCCC=C1CO[Si](C)(C)C(C)(C)C. The molecule has 0 unspecified atom stereocenters. The van der Waals surface area contributed by atoms with Gasteiger partial charge in [0.05, 0.1) is 19.0 Å². The van der Waals surface area contributed by atoms with Crippen LogP contribution in [0.25, 0.3) is 0 Å². The fraction of sp³-hybridized carbons (Fsp3) is 0.765. The lowest BCUT2D eigenvalue weighted by atomic mass is 9.93. The van der Waals surface area contributed by atoms with Gasteiger partial charge in [0.2, 0.25) is 0 Å². The average molecular weight is 297 g/mol. The molecule has 0 spiro atoms. The van der Waals surface area contributed by atoms with Crippen LogP contribution in [0.5, 0.6) is 0 Å². The van der Waals surface area contributed by atoms with E-state index in [4.69, 9.17) is 9.16 Å². The lowest BCUT2D eigenvalue weighted by Crippen LogP contribution is -2.41. The Balaban J connectivity index is 2.80. The maximum atomic E-state index is 6.37. The zero-order chi connectivity index (χ0) is 15.4. The molecule has 0 aromatic heterocycles. The van der Waals surface area contributed by atoms with Crippen molar-refractivity contribution >= 4 is 8.32 Å². The van der Waals surface area contributed by atoms with Gasteiger partial charge in [-0.2, -0.15) is 0 Å². The second-order valence-electron chi connectivity index (χ2n) is 7.14. The standard InChI is InChI=1S/C17H32O2Si/c1-8-18-14(2)16-12-10-9-11-15(16)13-19-20(6,7)17(3,4)5/h11H,8-10,12-13H2,1-7H3. The van der Waals surface area contributed by atoms with Crippen LogP contribution in [0, 0.1) is 0 Å². The maximum Gasteiger partial charge on any atom is 0.192 e. The van der Waals surface area contributed by atoms with E-state index in [-0.39, 0.29) is 5.04 Å². The Labute approximate surface area is 126 Å². The van der Waals surface area contributed by atoms with Crippen molar-refractivity contribution in [2.75, 3.05) is 13.2 Å². The van der Waals surface area contributed by atoms with Gasteiger partial charge in [0.25, 0.3) is 0 Å². The molecule has 0 fully saturated rings. The fourth-order valence-corrected chi connectivity index (χ4v) is 3.11. The molecule has 3 heteroatoms. The molecule has 1 aliphatic rings. The van der Waals surface area contributed by atoms with Gasteiger partial charge in [-0.3, -0.25) is 0 Å². The maximum absolute atomic E-state index is 6.37. The highest BCUT2D eigenvalue weighted by atomic mass is 28.4. The van der Waals surface area contributed by atoms with Crippen molar-refractivity contribution in [2.45, 2.75) is 72.0 Å². The smallest absolute Gasteiger partial charge is 0.192 e. The fourth-order valence-electron chi connectivity index (χ4n) is 2.17. The molecular weight excluding hydrogens is 264 g/mol. The molecule has 0 bridgehead atoms.